The molecule has 3 aromatic rings. The van der Waals surface area contributed by atoms with Crippen LogP contribution in [0.5, 0.6) is 11.5 Å². The molecule has 0 saturated heterocycles. The molecule has 0 fully saturated rings. The molecule has 0 atom stereocenters. The number of rotatable bonds is 4. The van der Waals surface area contributed by atoms with Crippen molar-refractivity contribution >= 4 is 29.6 Å². The molecule has 4 N–H and O–H groups in total. The van der Waals surface area contributed by atoms with Gasteiger partial charge in [-0.2, -0.15) is 0 Å². The van der Waals surface area contributed by atoms with E-state index in [1.807, 2.05) is 18.2 Å². The van der Waals surface area contributed by atoms with E-state index in [1.165, 1.54) is 42.5 Å². The van der Waals surface area contributed by atoms with E-state index in [2.05, 4.69) is 10.6 Å². The van der Waals surface area contributed by atoms with Gasteiger partial charge in [0.1, 0.15) is 17.3 Å². The van der Waals surface area contributed by atoms with Crippen molar-refractivity contribution in [2.75, 3.05) is 10.6 Å². The van der Waals surface area contributed by atoms with Crippen LogP contribution in [0.4, 0.5) is 20.6 Å². The summed E-state index contributed by atoms with van der Waals surface area (Å²) >= 11 is 0. The second-order valence-corrected chi connectivity index (χ2v) is 5.82. The molecule has 5 nitrogen and oxygen atoms in total. The predicted octanol–water partition coefficient (Wildman–Crippen LogP) is 5.05. The third-order valence-electron chi connectivity index (χ3n) is 3.66. The Hall–Kier alpha value is -3.80. The van der Waals surface area contributed by atoms with Crippen LogP contribution in [0.15, 0.2) is 66.7 Å². The third kappa shape index (κ3) is 5.34. The van der Waals surface area contributed by atoms with Crippen molar-refractivity contribution in [1.29, 1.82) is 0 Å². The number of amides is 2. The number of carbonyl (C=O) groups is 1. The molecular weight excluding hydrogens is 347 g/mol. The van der Waals surface area contributed by atoms with Crippen LogP contribution in [0.3, 0.4) is 0 Å². The maximum absolute atomic E-state index is 12.9. The van der Waals surface area contributed by atoms with Gasteiger partial charge < -0.3 is 20.8 Å². The molecule has 0 radical (unpaired) electrons. The van der Waals surface area contributed by atoms with Gasteiger partial charge in [0.25, 0.3) is 0 Å². The van der Waals surface area contributed by atoms with Crippen LogP contribution < -0.4 is 10.6 Å². The van der Waals surface area contributed by atoms with Crippen molar-refractivity contribution in [3.05, 3.63) is 83.7 Å². The Labute approximate surface area is 155 Å². The number of carbonyl (C=O) groups excluding carboxylic acids is 1. The number of benzene rings is 3. The maximum atomic E-state index is 12.9. The number of phenolic OH excluding ortho intramolecular Hbond substituents is 2. The number of anilines is 2. The Morgan fingerprint density at radius 2 is 1.22 bits per heavy atom. The largest absolute Gasteiger partial charge is 0.508 e. The highest BCUT2D eigenvalue weighted by atomic mass is 19.1. The molecule has 27 heavy (non-hydrogen) atoms. The van der Waals surface area contributed by atoms with Gasteiger partial charge in [-0.15, -0.1) is 0 Å². The molecule has 6 heteroatoms. The Morgan fingerprint density at radius 3 is 1.78 bits per heavy atom. The highest BCUT2D eigenvalue weighted by Gasteiger charge is 2.03. The first kappa shape index (κ1) is 18.0. The normalized spacial score (nSPS) is 10.7. The zero-order valence-corrected chi connectivity index (χ0v) is 14.2. The minimum Gasteiger partial charge on any atom is -0.508 e. The van der Waals surface area contributed by atoms with E-state index in [-0.39, 0.29) is 17.3 Å². The van der Waals surface area contributed by atoms with Crippen molar-refractivity contribution < 1.29 is 19.4 Å². The predicted molar refractivity (Wildman–Crippen MR) is 104 cm³/mol. The van der Waals surface area contributed by atoms with E-state index in [1.54, 1.807) is 18.2 Å². The average molecular weight is 364 g/mol. The highest BCUT2D eigenvalue weighted by Crippen LogP contribution is 2.22. The van der Waals surface area contributed by atoms with Gasteiger partial charge in [0.2, 0.25) is 0 Å². The van der Waals surface area contributed by atoms with E-state index < -0.39 is 6.03 Å². The topological polar surface area (TPSA) is 81.6 Å². The van der Waals surface area contributed by atoms with E-state index in [9.17, 15) is 19.4 Å². The Balaban J connectivity index is 1.60. The highest BCUT2D eigenvalue weighted by molar-refractivity contribution is 5.99. The Morgan fingerprint density at radius 1 is 0.741 bits per heavy atom. The van der Waals surface area contributed by atoms with E-state index >= 15 is 0 Å². The lowest BCUT2D eigenvalue weighted by Crippen LogP contribution is -2.19. The second kappa shape index (κ2) is 8.05. The van der Waals surface area contributed by atoms with Crippen LogP contribution in [0.2, 0.25) is 0 Å². The summed E-state index contributed by atoms with van der Waals surface area (Å²) in [7, 11) is 0. The summed E-state index contributed by atoms with van der Waals surface area (Å²) in [5.74, 6) is -0.395. The summed E-state index contributed by atoms with van der Waals surface area (Å²) in [5, 5.41) is 24.2. The Kier molecular flexibility index (Phi) is 5.37. The minimum absolute atomic E-state index is 0.0126. The van der Waals surface area contributed by atoms with Gasteiger partial charge in [-0.3, -0.25) is 0 Å². The van der Waals surface area contributed by atoms with Crippen LogP contribution >= 0.6 is 0 Å². The number of aromatic hydroxyl groups is 2. The molecule has 2 amide bonds. The second-order valence-electron chi connectivity index (χ2n) is 5.82. The Bertz CT molecular complexity index is 947. The molecule has 0 aliphatic carbocycles. The fourth-order valence-corrected chi connectivity index (χ4v) is 2.41. The molecule has 0 aliphatic heterocycles. The molecule has 0 bridgehead atoms. The van der Waals surface area contributed by atoms with Crippen LogP contribution in [0, 0.1) is 5.82 Å². The molecule has 136 valence electrons. The van der Waals surface area contributed by atoms with E-state index in [0.29, 0.717) is 16.9 Å². The molecule has 3 aromatic carbocycles. The van der Waals surface area contributed by atoms with E-state index in [4.69, 9.17) is 0 Å². The lowest BCUT2D eigenvalue weighted by molar-refractivity contribution is 0.262. The standard InChI is InChI=1S/C21H17FN2O3/c22-16-5-9-18(10-6-16)24-21(27)23-17-7-3-14(4-8-17)1-2-15-11-19(25)13-20(26)12-15/h1-13,25-26H,(H2,23,24,27)/b2-1+. The van der Waals surface area contributed by atoms with Crippen LogP contribution in [0.1, 0.15) is 11.1 Å². The van der Waals surface area contributed by atoms with Crippen LogP contribution in [-0.2, 0) is 0 Å². The van der Waals surface area contributed by atoms with Crippen molar-refractivity contribution in [2.24, 2.45) is 0 Å². The monoisotopic (exact) mass is 364 g/mol. The zero-order chi connectivity index (χ0) is 19.2. The van der Waals surface area contributed by atoms with Gasteiger partial charge in [-0.1, -0.05) is 24.3 Å². The van der Waals surface area contributed by atoms with Crippen molar-refractivity contribution in [3.8, 4) is 11.5 Å². The molecule has 0 aliphatic rings. The van der Waals surface area contributed by atoms with Crippen molar-refractivity contribution in [1.82, 2.24) is 0 Å². The lowest BCUT2D eigenvalue weighted by atomic mass is 10.1. The van der Waals surface area contributed by atoms with Crippen LogP contribution in [-0.4, -0.2) is 16.2 Å². The molecule has 0 spiro atoms. The molecule has 0 saturated carbocycles. The first-order valence-corrected chi connectivity index (χ1v) is 8.13. The summed E-state index contributed by atoms with van der Waals surface area (Å²) < 4.78 is 12.9. The number of nitrogens with one attached hydrogen (secondary N) is 2. The smallest absolute Gasteiger partial charge is 0.323 e. The van der Waals surface area contributed by atoms with Crippen molar-refractivity contribution in [3.63, 3.8) is 0 Å². The van der Waals surface area contributed by atoms with Crippen molar-refractivity contribution in [2.45, 2.75) is 0 Å². The fraction of sp³-hybridized carbons (Fsp3) is 0. The number of halogens is 1. The fourth-order valence-electron chi connectivity index (χ4n) is 2.41. The van der Waals surface area contributed by atoms with Crippen LogP contribution in [0.25, 0.3) is 12.2 Å². The van der Waals surface area contributed by atoms with E-state index in [0.717, 1.165) is 5.56 Å². The molecular formula is C21H17FN2O3. The first-order chi connectivity index (χ1) is 13.0. The average Bonchev–Trinajstić information content (AvgIpc) is 2.62. The number of phenols is 2. The maximum Gasteiger partial charge on any atom is 0.323 e. The quantitative estimate of drug-likeness (QED) is 0.489. The summed E-state index contributed by atoms with van der Waals surface area (Å²) in [6, 6.07) is 16.5. The summed E-state index contributed by atoms with van der Waals surface area (Å²) in [5.41, 5.74) is 2.63. The van der Waals surface area contributed by atoms with Gasteiger partial charge in [0.05, 0.1) is 0 Å². The summed E-state index contributed by atoms with van der Waals surface area (Å²) in [6.07, 6.45) is 3.57. The molecule has 0 unspecified atom stereocenters. The lowest BCUT2D eigenvalue weighted by Gasteiger charge is -2.08. The van der Waals surface area contributed by atoms with Gasteiger partial charge in [0.15, 0.2) is 0 Å². The van der Waals surface area contributed by atoms with Gasteiger partial charge in [0, 0.05) is 17.4 Å². The third-order valence-corrected chi connectivity index (χ3v) is 3.66. The van der Waals surface area contributed by atoms with Gasteiger partial charge >= 0.3 is 6.03 Å². The molecule has 3 rings (SSSR count). The molecule has 0 aromatic heterocycles. The number of urea groups is 1. The first-order valence-electron chi connectivity index (χ1n) is 8.13. The number of hydrogen-bond acceptors (Lipinski definition) is 3. The SMILES string of the molecule is O=C(Nc1ccc(F)cc1)Nc1ccc(/C=C/c2cc(O)cc(O)c2)cc1. The molecule has 0 heterocycles. The van der Waals surface area contributed by atoms with Gasteiger partial charge in [-0.25, -0.2) is 9.18 Å². The number of hydrogen-bond donors (Lipinski definition) is 4. The zero-order valence-electron chi connectivity index (χ0n) is 14.2. The summed E-state index contributed by atoms with van der Waals surface area (Å²) in [6.45, 7) is 0. The minimum atomic E-state index is -0.430. The van der Waals surface area contributed by atoms with Gasteiger partial charge in [-0.05, 0) is 59.7 Å². The summed E-state index contributed by atoms with van der Waals surface area (Å²) in [4.78, 5) is 11.9.